The zero-order valence-electron chi connectivity index (χ0n) is 16.6. The van der Waals surface area contributed by atoms with Crippen LogP contribution in [-0.4, -0.2) is 49.6 Å². The SMILES string of the molecule is COc1cccc(OCCOc2c(I)cc(C=C3SC(=S)N(C)C3=O)cc2OC)c1. The maximum atomic E-state index is 12.2. The van der Waals surface area contributed by atoms with E-state index in [9.17, 15) is 4.79 Å². The molecule has 0 atom stereocenters. The monoisotopic (exact) mass is 557 g/mol. The van der Waals surface area contributed by atoms with Crippen molar-refractivity contribution in [2.75, 3.05) is 34.5 Å². The first-order valence-corrected chi connectivity index (χ1v) is 11.2. The Morgan fingerprint density at radius 3 is 2.50 bits per heavy atom. The minimum Gasteiger partial charge on any atom is -0.497 e. The number of ether oxygens (including phenoxy) is 4. The molecule has 1 amide bonds. The van der Waals surface area contributed by atoms with E-state index in [0.29, 0.717) is 39.7 Å². The van der Waals surface area contributed by atoms with Gasteiger partial charge in [-0.05, 0) is 58.5 Å². The molecule has 0 saturated carbocycles. The van der Waals surface area contributed by atoms with E-state index in [1.165, 1.54) is 16.7 Å². The summed E-state index contributed by atoms with van der Waals surface area (Å²) in [6, 6.07) is 11.2. The molecule has 0 unspecified atom stereocenters. The molecule has 0 bridgehead atoms. The number of nitrogens with zero attached hydrogens (tertiary/aromatic N) is 1. The number of hydrogen-bond acceptors (Lipinski definition) is 7. The largest absolute Gasteiger partial charge is 0.497 e. The summed E-state index contributed by atoms with van der Waals surface area (Å²) in [5, 5.41) is 0. The van der Waals surface area contributed by atoms with Crippen LogP contribution in [0, 0.1) is 3.57 Å². The highest BCUT2D eigenvalue weighted by Gasteiger charge is 2.28. The van der Waals surface area contributed by atoms with Gasteiger partial charge < -0.3 is 18.9 Å². The zero-order chi connectivity index (χ0) is 21.7. The van der Waals surface area contributed by atoms with Gasteiger partial charge in [0.15, 0.2) is 11.5 Å². The number of amides is 1. The molecule has 158 valence electrons. The van der Waals surface area contributed by atoms with E-state index in [1.54, 1.807) is 21.3 Å². The Bertz CT molecular complexity index is 995. The van der Waals surface area contributed by atoms with Crippen LogP contribution in [0.25, 0.3) is 6.08 Å². The first-order chi connectivity index (χ1) is 14.4. The van der Waals surface area contributed by atoms with Crippen molar-refractivity contribution < 1.29 is 23.7 Å². The number of methoxy groups -OCH3 is 2. The van der Waals surface area contributed by atoms with Crippen molar-refractivity contribution in [1.29, 1.82) is 0 Å². The number of rotatable bonds is 8. The van der Waals surface area contributed by atoms with E-state index in [2.05, 4.69) is 22.6 Å². The van der Waals surface area contributed by atoms with Crippen molar-refractivity contribution in [2.45, 2.75) is 0 Å². The molecule has 2 aromatic rings. The summed E-state index contributed by atoms with van der Waals surface area (Å²) >= 11 is 8.65. The van der Waals surface area contributed by atoms with Crippen LogP contribution in [0.15, 0.2) is 41.3 Å². The van der Waals surface area contributed by atoms with Crippen molar-refractivity contribution in [3.8, 4) is 23.0 Å². The second-order valence-corrected chi connectivity index (χ2v) is 8.99. The van der Waals surface area contributed by atoms with E-state index in [0.717, 1.165) is 14.9 Å². The van der Waals surface area contributed by atoms with Gasteiger partial charge in [-0.1, -0.05) is 30.0 Å². The minimum atomic E-state index is -0.103. The summed E-state index contributed by atoms with van der Waals surface area (Å²) in [6.07, 6.45) is 1.81. The number of thioether (sulfide) groups is 1. The maximum absolute atomic E-state index is 12.2. The molecular formula is C21H20INO5S2. The summed E-state index contributed by atoms with van der Waals surface area (Å²) in [5.74, 6) is 2.56. The van der Waals surface area contributed by atoms with E-state index < -0.39 is 0 Å². The van der Waals surface area contributed by atoms with Gasteiger partial charge in [-0.2, -0.15) is 0 Å². The second kappa shape index (κ2) is 10.4. The smallest absolute Gasteiger partial charge is 0.265 e. The first kappa shape index (κ1) is 22.7. The number of hydrogen-bond donors (Lipinski definition) is 0. The third-order valence-electron chi connectivity index (χ3n) is 4.18. The van der Waals surface area contributed by atoms with Crippen molar-refractivity contribution in [3.05, 3.63) is 50.4 Å². The van der Waals surface area contributed by atoms with Crippen LogP contribution >= 0.6 is 46.6 Å². The second-order valence-electron chi connectivity index (χ2n) is 6.15. The molecule has 1 fully saturated rings. The van der Waals surface area contributed by atoms with E-state index in [-0.39, 0.29) is 5.91 Å². The van der Waals surface area contributed by atoms with Gasteiger partial charge in [0.05, 0.1) is 22.7 Å². The van der Waals surface area contributed by atoms with E-state index >= 15 is 0 Å². The molecule has 2 aromatic carbocycles. The quantitative estimate of drug-likeness (QED) is 0.204. The number of carbonyl (C=O) groups excluding carboxylic acids is 1. The molecule has 0 spiro atoms. The third kappa shape index (κ3) is 5.38. The lowest BCUT2D eigenvalue weighted by molar-refractivity contribution is -0.121. The van der Waals surface area contributed by atoms with Crippen molar-refractivity contribution >= 4 is 62.9 Å². The number of carbonyl (C=O) groups is 1. The van der Waals surface area contributed by atoms with Crippen LogP contribution < -0.4 is 18.9 Å². The summed E-state index contributed by atoms with van der Waals surface area (Å²) < 4.78 is 23.7. The minimum absolute atomic E-state index is 0.103. The molecule has 3 rings (SSSR count). The standard InChI is InChI=1S/C21H20INO5S2/c1-23-20(24)18(30-21(23)29)11-13-9-16(22)19(17(10-13)26-3)28-8-7-27-15-6-4-5-14(12-15)25-2/h4-6,9-12H,7-8H2,1-3H3. The number of benzene rings is 2. The molecule has 30 heavy (non-hydrogen) atoms. The summed E-state index contributed by atoms with van der Waals surface area (Å²) in [4.78, 5) is 14.3. The van der Waals surface area contributed by atoms with E-state index in [4.69, 9.17) is 31.2 Å². The van der Waals surface area contributed by atoms with Crippen LogP contribution in [0.4, 0.5) is 0 Å². The fourth-order valence-electron chi connectivity index (χ4n) is 2.65. The van der Waals surface area contributed by atoms with Crippen LogP contribution in [0.5, 0.6) is 23.0 Å². The van der Waals surface area contributed by atoms with Gasteiger partial charge in [0.25, 0.3) is 5.91 Å². The summed E-state index contributed by atoms with van der Waals surface area (Å²) in [5.41, 5.74) is 0.838. The molecular weight excluding hydrogens is 537 g/mol. The van der Waals surface area contributed by atoms with Gasteiger partial charge in [-0.3, -0.25) is 9.69 Å². The molecule has 0 N–H and O–H groups in total. The molecule has 0 radical (unpaired) electrons. The predicted molar refractivity (Wildman–Crippen MR) is 131 cm³/mol. The average molecular weight is 557 g/mol. The molecule has 1 saturated heterocycles. The van der Waals surface area contributed by atoms with Gasteiger partial charge in [-0.25, -0.2) is 0 Å². The molecule has 1 aliphatic heterocycles. The third-order valence-corrected chi connectivity index (χ3v) is 6.46. The maximum Gasteiger partial charge on any atom is 0.265 e. The Morgan fingerprint density at radius 1 is 1.10 bits per heavy atom. The lowest BCUT2D eigenvalue weighted by atomic mass is 10.2. The van der Waals surface area contributed by atoms with Crippen LogP contribution in [0.2, 0.25) is 0 Å². The lowest BCUT2D eigenvalue weighted by Crippen LogP contribution is -2.22. The van der Waals surface area contributed by atoms with Crippen molar-refractivity contribution in [1.82, 2.24) is 4.90 Å². The summed E-state index contributed by atoms with van der Waals surface area (Å²) in [6.45, 7) is 0.713. The van der Waals surface area contributed by atoms with E-state index in [1.807, 2.05) is 42.5 Å². The van der Waals surface area contributed by atoms with Gasteiger partial charge in [-0.15, -0.1) is 0 Å². The molecule has 1 heterocycles. The highest BCUT2D eigenvalue weighted by Crippen LogP contribution is 2.37. The van der Waals surface area contributed by atoms with Crippen LogP contribution in [0.3, 0.4) is 0 Å². The fraction of sp³-hybridized carbons (Fsp3) is 0.238. The Kier molecular flexibility index (Phi) is 7.84. The van der Waals surface area contributed by atoms with Crippen molar-refractivity contribution in [2.24, 2.45) is 0 Å². The Labute approximate surface area is 198 Å². The Hall–Kier alpha value is -1.98. The zero-order valence-corrected chi connectivity index (χ0v) is 20.4. The summed E-state index contributed by atoms with van der Waals surface area (Å²) in [7, 11) is 4.87. The normalized spacial score (nSPS) is 14.9. The Balaban J connectivity index is 1.67. The van der Waals surface area contributed by atoms with Crippen molar-refractivity contribution in [3.63, 3.8) is 0 Å². The number of likely N-dealkylation sites (N-methyl/N-ethyl adjacent to an activating group) is 1. The number of halogens is 1. The first-order valence-electron chi connectivity index (χ1n) is 8.91. The molecule has 1 aliphatic rings. The van der Waals surface area contributed by atoms with Gasteiger partial charge in [0.2, 0.25) is 0 Å². The molecule has 6 nitrogen and oxygen atoms in total. The topological polar surface area (TPSA) is 57.2 Å². The van der Waals surface area contributed by atoms with Gasteiger partial charge in [0.1, 0.15) is 29.0 Å². The fourth-order valence-corrected chi connectivity index (χ4v) is 4.61. The van der Waals surface area contributed by atoms with Crippen LogP contribution in [-0.2, 0) is 4.79 Å². The Morgan fingerprint density at radius 2 is 1.83 bits per heavy atom. The van der Waals surface area contributed by atoms with Crippen LogP contribution in [0.1, 0.15) is 5.56 Å². The molecule has 9 heteroatoms. The highest BCUT2D eigenvalue weighted by molar-refractivity contribution is 14.1. The average Bonchev–Trinajstić information content (AvgIpc) is 2.98. The molecule has 0 aromatic heterocycles. The highest BCUT2D eigenvalue weighted by atomic mass is 127. The molecule has 0 aliphatic carbocycles. The van der Waals surface area contributed by atoms with Gasteiger partial charge in [0, 0.05) is 13.1 Å². The lowest BCUT2D eigenvalue weighted by Gasteiger charge is -2.14. The van der Waals surface area contributed by atoms with Gasteiger partial charge >= 0.3 is 0 Å². The number of thiocarbonyl (C=S) groups is 1. The predicted octanol–water partition coefficient (Wildman–Crippen LogP) is 4.60.